The molecule has 0 aliphatic heterocycles. The molecule has 0 unspecified atom stereocenters. The highest BCUT2D eigenvalue weighted by Crippen LogP contribution is 2.16. The van der Waals surface area contributed by atoms with Gasteiger partial charge in [-0.1, -0.05) is 0 Å². The van der Waals surface area contributed by atoms with Crippen LogP contribution in [0.1, 0.15) is 26.5 Å². The number of rotatable bonds is 10. The van der Waals surface area contributed by atoms with Gasteiger partial charge in [-0.05, 0) is 60.7 Å². The SMILES string of the molecule is O=C(COC(=O)c1ccc(S(=O)(=O)NCc2ccco2)cc1)c1ccc(OC(F)F)cc1. The van der Waals surface area contributed by atoms with Crippen LogP contribution in [0, 0.1) is 0 Å². The number of benzene rings is 2. The molecule has 0 spiro atoms. The van der Waals surface area contributed by atoms with Crippen LogP contribution >= 0.6 is 0 Å². The van der Waals surface area contributed by atoms with Crippen molar-refractivity contribution in [2.75, 3.05) is 6.61 Å². The minimum absolute atomic E-state index is 0.0313. The van der Waals surface area contributed by atoms with E-state index in [0.717, 1.165) is 0 Å². The van der Waals surface area contributed by atoms with Gasteiger partial charge >= 0.3 is 12.6 Å². The van der Waals surface area contributed by atoms with Crippen LogP contribution in [0.25, 0.3) is 0 Å². The van der Waals surface area contributed by atoms with Gasteiger partial charge in [-0.3, -0.25) is 4.79 Å². The first-order valence-corrected chi connectivity index (χ1v) is 10.6. The second-order valence-electron chi connectivity index (χ2n) is 6.33. The molecular weight excluding hydrogens is 448 g/mol. The van der Waals surface area contributed by atoms with Crippen molar-refractivity contribution in [2.24, 2.45) is 0 Å². The van der Waals surface area contributed by atoms with Crippen LogP contribution in [-0.2, 0) is 21.3 Å². The molecule has 11 heteroatoms. The number of carbonyl (C=O) groups excluding carboxylic acids is 2. The summed E-state index contributed by atoms with van der Waals surface area (Å²) in [6, 6.07) is 13.1. The molecule has 0 fully saturated rings. The van der Waals surface area contributed by atoms with Gasteiger partial charge in [0.25, 0.3) is 0 Å². The van der Waals surface area contributed by atoms with Crippen LogP contribution in [0.15, 0.2) is 76.2 Å². The van der Waals surface area contributed by atoms with Crippen molar-refractivity contribution in [3.8, 4) is 5.75 Å². The number of nitrogens with one attached hydrogen (secondary N) is 1. The van der Waals surface area contributed by atoms with Gasteiger partial charge in [0.2, 0.25) is 10.0 Å². The van der Waals surface area contributed by atoms with Gasteiger partial charge in [-0.25, -0.2) is 17.9 Å². The molecule has 168 valence electrons. The van der Waals surface area contributed by atoms with Crippen molar-refractivity contribution in [1.29, 1.82) is 0 Å². The fraction of sp³-hybridized carbons (Fsp3) is 0.143. The molecule has 32 heavy (non-hydrogen) atoms. The number of halogens is 2. The molecule has 3 rings (SSSR count). The monoisotopic (exact) mass is 465 g/mol. The second kappa shape index (κ2) is 10.2. The van der Waals surface area contributed by atoms with E-state index in [2.05, 4.69) is 9.46 Å². The highest BCUT2D eigenvalue weighted by atomic mass is 32.2. The summed E-state index contributed by atoms with van der Waals surface area (Å²) in [7, 11) is -3.83. The molecule has 0 aliphatic rings. The topological polar surface area (TPSA) is 112 Å². The molecule has 2 aromatic carbocycles. The van der Waals surface area contributed by atoms with Gasteiger partial charge in [0.15, 0.2) is 12.4 Å². The lowest BCUT2D eigenvalue weighted by atomic mass is 10.1. The second-order valence-corrected chi connectivity index (χ2v) is 8.10. The number of ether oxygens (including phenoxy) is 2. The summed E-state index contributed by atoms with van der Waals surface area (Å²) in [6.07, 6.45) is 1.42. The molecule has 0 atom stereocenters. The molecule has 8 nitrogen and oxygen atoms in total. The first kappa shape index (κ1) is 23.1. The van der Waals surface area contributed by atoms with E-state index < -0.39 is 35.0 Å². The Morgan fingerprint density at radius 3 is 2.22 bits per heavy atom. The summed E-state index contributed by atoms with van der Waals surface area (Å²) in [5, 5.41) is 0. The summed E-state index contributed by atoms with van der Waals surface area (Å²) >= 11 is 0. The van der Waals surface area contributed by atoms with Gasteiger partial charge in [-0.15, -0.1) is 0 Å². The van der Waals surface area contributed by atoms with Crippen molar-refractivity contribution in [2.45, 2.75) is 18.1 Å². The van der Waals surface area contributed by atoms with Gasteiger partial charge in [0, 0.05) is 5.56 Å². The first-order chi connectivity index (χ1) is 15.2. The Kier molecular flexibility index (Phi) is 7.33. The normalized spacial score (nSPS) is 11.3. The zero-order chi connectivity index (χ0) is 23.1. The Morgan fingerprint density at radius 2 is 1.62 bits per heavy atom. The minimum atomic E-state index is -3.83. The van der Waals surface area contributed by atoms with E-state index in [1.165, 1.54) is 54.8 Å². The average Bonchev–Trinajstić information content (AvgIpc) is 3.30. The molecule has 3 aromatic rings. The quantitative estimate of drug-likeness (QED) is 0.361. The summed E-state index contributed by atoms with van der Waals surface area (Å²) in [6.45, 7) is -3.60. The zero-order valence-corrected chi connectivity index (χ0v) is 17.2. The lowest BCUT2D eigenvalue weighted by Crippen LogP contribution is -2.23. The number of hydrogen-bond acceptors (Lipinski definition) is 7. The van der Waals surface area contributed by atoms with Crippen LogP contribution < -0.4 is 9.46 Å². The van der Waals surface area contributed by atoms with E-state index in [0.29, 0.717) is 5.76 Å². The third-order valence-electron chi connectivity index (χ3n) is 4.15. The smallest absolute Gasteiger partial charge is 0.387 e. The number of ketones is 1. The molecule has 0 bridgehead atoms. The van der Waals surface area contributed by atoms with Crippen molar-refractivity contribution in [3.63, 3.8) is 0 Å². The third-order valence-corrected chi connectivity index (χ3v) is 5.57. The van der Waals surface area contributed by atoms with Crippen molar-refractivity contribution in [1.82, 2.24) is 4.72 Å². The summed E-state index contributed by atoms with van der Waals surface area (Å²) < 4.78 is 65.5. The largest absolute Gasteiger partial charge is 0.468 e. The first-order valence-electron chi connectivity index (χ1n) is 9.12. The van der Waals surface area contributed by atoms with E-state index in [4.69, 9.17) is 9.15 Å². The van der Waals surface area contributed by atoms with Crippen LogP contribution in [0.3, 0.4) is 0 Å². The molecule has 1 heterocycles. The Balaban J connectivity index is 1.54. The molecule has 0 radical (unpaired) electrons. The molecule has 0 saturated heterocycles. The van der Waals surface area contributed by atoms with Crippen molar-refractivity contribution in [3.05, 3.63) is 83.8 Å². The average molecular weight is 465 g/mol. The van der Waals surface area contributed by atoms with Crippen LogP contribution in [0.2, 0.25) is 0 Å². The van der Waals surface area contributed by atoms with E-state index in [9.17, 15) is 26.8 Å². The van der Waals surface area contributed by atoms with Crippen molar-refractivity contribution < 1.29 is 40.7 Å². The number of furan rings is 1. The zero-order valence-electron chi connectivity index (χ0n) is 16.4. The number of alkyl halides is 2. The van der Waals surface area contributed by atoms with Crippen LogP contribution in [-0.4, -0.2) is 33.4 Å². The molecular formula is C21H17F2NO7S. The minimum Gasteiger partial charge on any atom is -0.468 e. The Labute approximate surface area is 181 Å². The van der Waals surface area contributed by atoms with E-state index in [1.807, 2.05) is 0 Å². The van der Waals surface area contributed by atoms with Gasteiger partial charge < -0.3 is 13.9 Å². The van der Waals surface area contributed by atoms with Gasteiger partial charge in [0.1, 0.15) is 11.5 Å². The predicted octanol–water partition coefficient (Wildman–Crippen LogP) is 3.40. The Morgan fingerprint density at radius 1 is 0.969 bits per heavy atom. The van der Waals surface area contributed by atoms with Gasteiger partial charge in [0.05, 0.1) is 23.3 Å². The number of carbonyl (C=O) groups is 2. The highest BCUT2D eigenvalue weighted by Gasteiger charge is 2.17. The summed E-state index contributed by atoms with van der Waals surface area (Å²) in [4.78, 5) is 24.2. The van der Waals surface area contributed by atoms with E-state index in [-0.39, 0.29) is 28.3 Å². The van der Waals surface area contributed by atoms with Crippen LogP contribution in [0.5, 0.6) is 5.75 Å². The maximum Gasteiger partial charge on any atom is 0.387 e. The van der Waals surface area contributed by atoms with E-state index in [1.54, 1.807) is 12.1 Å². The summed E-state index contributed by atoms with van der Waals surface area (Å²) in [5.74, 6) is -1.05. The maximum atomic E-state index is 12.3. The van der Waals surface area contributed by atoms with Crippen molar-refractivity contribution >= 4 is 21.8 Å². The third kappa shape index (κ3) is 6.22. The molecule has 0 saturated carbocycles. The highest BCUT2D eigenvalue weighted by molar-refractivity contribution is 7.89. The number of esters is 1. The maximum absolute atomic E-state index is 12.3. The molecule has 0 aliphatic carbocycles. The van der Waals surface area contributed by atoms with Gasteiger partial charge in [-0.2, -0.15) is 8.78 Å². The lowest BCUT2D eigenvalue weighted by Gasteiger charge is -2.08. The Bertz CT molecular complexity index is 1160. The molecule has 1 N–H and O–H groups in total. The standard InChI is InChI=1S/C21H17F2NO7S/c22-21(23)31-16-7-3-14(4-8-16)19(25)13-30-20(26)15-5-9-18(10-6-15)32(27,28)24-12-17-2-1-11-29-17/h1-11,21,24H,12-13H2. The number of Topliss-reactive ketones (excluding diaryl/α,β-unsaturated/α-hetero) is 1. The number of sulfonamides is 1. The molecule has 1 aromatic heterocycles. The predicted molar refractivity (Wildman–Crippen MR) is 107 cm³/mol. The lowest BCUT2D eigenvalue weighted by molar-refractivity contribution is -0.0498. The summed E-state index contributed by atoms with van der Waals surface area (Å²) in [5.41, 5.74) is 0.187. The fourth-order valence-corrected chi connectivity index (χ4v) is 3.55. The number of hydrogen-bond donors (Lipinski definition) is 1. The Hall–Kier alpha value is -3.57. The fourth-order valence-electron chi connectivity index (χ4n) is 2.55. The van der Waals surface area contributed by atoms with Crippen LogP contribution in [0.4, 0.5) is 8.78 Å². The van der Waals surface area contributed by atoms with E-state index >= 15 is 0 Å². The molecule has 0 amide bonds.